The molecule has 2 aliphatic rings. The van der Waals surface area contributed by atoms with Gasteiger partial charge in [0.1, 0.15) is 5.60 Å². The van der Waals surface area contributed by atoms with Crippen LogP contribution in [0.25, 0.3) is 0 Å². The number of carbonyl (C=O) groups is 1. The van der Waals surface area contributed by atoms with Crippen molar-refractivity contribution in [1.29, 1.82) is 0 Å². The third-order valence-electron chi connectivity index (χ3n) is 2.72. The molecule has 2 heterocycles. The third-order valence-corrected chi connectivity index (χ3v) is 2.72. The molecule has 1 atom stereocenters. The maximum atomic E-state index is 11.7. The molecule has 0 aliphatic carbocycles. The predicted molar refractivity (Wildman–Crippen MR) is 60.7 cm³/mol. The normalized spacial score (nSPS) is 27.4. The first-order chi connectivity index (χ1) is 7.91. The van der Waals surface area contributed by atoms with Crippen LogP contribution in [0.15, 0.2) is 0 Å². The van der Waals surface area contributed by atoms with Gasteiger partial charge in [-0.15, -0.1) is 0 Å². The highest BCUT2D eigenvalue weighted by Gasteiger charge is 2.49. The highest BCUT2D eigenvalue weighted by Crippen LogP contribution is 2.26. The highest BCUT2D eigenvalue weighted by atomic mass is 16.7. The standard InChI is InChI=1S/C11H20N2O4/c1-10(2,3)17-9(14)13-8-6-12-7-11(8)15-4-5-16-11/h8,12H,4-7H2,1-3H3,(H,13,14)/t8-/m1/s1. The number of alkyl carbamates (subject to hydrolysis) is 1. The van der Waals surface area contributed by atoms with Crippen molar-refractivity contribution in [2.45, 2.75) is 38.2 Å². The highest BCUT2D eigenvalue weighted by molar-refractivity contribution is 5.68. The lowest BCUT2D eigenvalue weighted by atomic mass is 10.1. The third kappa shape index (κ3) is 2.88. The number of hydrogen-bond donors (Lipinski definition) is 2. The van der Waals surface area contributed by atoms with Gasteiger partial charge in [-0.05, 0) is 20.8 Å². The van der Waals surface area contributed by atoms with Crippen molar-refractivity contribution >= 4 is 6.09 Å². The van der Waals surface area contributed by atoms with E-state index in [0.717, 1.165) is 0 Å². The van der Waals surface area contributed by atoms with E-state index in [2.05, 4.69) is 10.6 Å². The fourth-order valence-electron chi connectivity index (χ4n) is 2.05. The molecule has 0 saturated carbocycles. The van der Waals surface area contributed by atoms with Crippen LogP contribution in [0, 0.1) is 0 Å². The van der Waals surface area contributed by atoms with Gasteiger partial charge in [-0.25, -0.2) is 4.79 Å². The first-order valence-electron chi connectivity index (χ1n) is 5.89. The van der Waals surface area contributed by atoms with Crippen LogP contribution < -0.4 is 10.6 Å². The van der Waals surface area contributed by atoms with Gasteiger partial charge in [0.2, 0.25) is 5.79 Å². The van der Waals surface area contributed by atoms with Crippen molar-refractivity contribution in [3.05, 3.63) is 0 Å². The molecule has 0 aromatic carbocycles. The number of carbonyl (C=O) groups excluding carboxylic acids is 1. The monoisotopic (exact) mass is 244 g/mol. The zero-order chi connectivity index (χ0) is 12.5. The number of rotatable bonds is 1. The van der Waals surface area contributed by atoms with Crippen molar-refractivity contribution in [2.24, 2.45) is 0 Å². The summed E-state index contributed by atoms with van der Waals surface area (Å²) >= 11 is 0. The Hall–Kier alpha value is -0.850. The van der Waals surface area contributed by atoms with E-state index in [9.17, 15) is 4.79 Å². The molecule has 98 valence electrons. The van der Waals surface area contributed by atoms with Crippen LogP contribution in [0.2, 0.25) is 0 Å². The Morgan fingerprint density at radius 2 is 2.06 bits per heavy atom. The summed E-state index contributed by atoms with van der Waals surface area (Å²) in [5, 5.41) is 5.95. The SMILES string of the molecule is CC(C)(C)OC(=O)N[C@@H]1CNCC12OCCO2. The van der Waals surface area contributed by atoms with E-state index < -0.39 is 17.5 Å². The zero-order valence-electron chi connectivity index (χ0n) is 10.5. The average molecular weight is 244 g/mol. The molecule has 2 rings (SSSR count). The second kappa shape index (κ2) is 4.44. The van der Waals surface area contributed by atoms with E-state index in [1.54, 1.807) is 0 Å². The first-order valence-corrected chi connectivity index (χ1v) is 5.89. The van der Waals surface area contributed by atoms with Crippen LogP contribution in [0.4, 0.5) is 4.79 Å². The van der Waals surface area contributed by atoms with Gasteiger partial charge in [0.25, 0.3) is 0 Å². The van der Waals surface area contributed by atoms with Gasteiger partial charge in [0.15, 0.2) is 0 Å². The smallest absolute Gasteiger partial charge is 0.408 e. The summed E-state index contributed by atoms with van der Waals surface area (Å²) in [4.78, 5) is 11.7. The van der Waals surface area contributed by atoms with Gasteiger partial charge < -0.3 is 24.8 Å². The van der Waals surface area contributed by atoms with Crippen LogP contribution in [-0.4, -0.2) is 49.8 Å². The van der Waals surface area contributed by atoms with E-state index in [0.29, 0.717) is 26.3 Å². The fourth-order valence-corrected chi connectivity index (χ4v) is 2.05. The summed E-state index contributed by atoms with van der Waals surface area (Å²) in [7, 11) is 0. The number of ether oxygens (including phenoxy) is 3. The van der Waals surface area contributed by atoms with Crippen molar-refractivity contribution in [3.63, 3.8) is 0 Å². The van der Waals surface area contributed by atoms with Crippen LogP contribution in [0.5, 0.6) is 0 Å². The Morgan fingerprint density at radius 1 is 1.41 bits per heavy atom. The molecule has 0 bridgehead atoms. The lowest BCUT2D eigenvalue weighted by Crippen LogP contribution is -2.53. The molecule has 6 nitrogen and oxygen atoms in total. The Bertz CT molecular complexity index is 289. The Kier molecular flexibility index (Phi) is 3.29. The minimum absolute atomic E-state index is 0.208. The van der Waals surface area contributed by atoms with E-state index in [1.165, 1.54) is 0 Å². The fraction of sp³-hybridized carbons (Fsp3) is 0.909. The molecule has 2 aliphatic heterocycles. The maximum Gasteiger partial charge on any atom is 0.408 e. The summed E-state index contributed by atoms with van der Waals surface area (Å²) in [6.07, 6.45) is -0.440. The molecular weight excluding hydrogens is 224 g/mol. The van der Waals surface area contributed by atoms with Gasteiger partial charge in [-0.1, -0.05) is 0 Å². The molecule has 0 aromatic rings. The summed E-state index contributed by atoms with van der Waals surface area (Å²) in [6.45, 7) is 7.84. The van der Waals surface area contributed by atoms with Gasteiger partial charge in [0, 0.05) is 6.54 Å². The quantitative estimate of drug-likeness (QED) is 0.691. The number of amides is 1. The lowest BCUT2D eigenvalue weighted by molar-refractivity contribution is -0.154. The summed E-state index contributed by atoms with van der Waals surface area (Å²) in [6, 6.07) is -0.208. The molecule has 0 radical (unpaired) electrons. The second-order valence-corrected chi connectivity index (χ2v) is 5.34. The average Bonchev–Trinajstić information content (AvgIpc) is 2.76. The molecule has 0 unspecified atom stereocenters. The Balaban J connectivity index is 1.92. The lowest BCUT2D eigenvalue weighted by Gasteiger charge is -2.29. The molecule has 1 spiro atoms. The largest absolute Gasteiger partial charge is 0.444 e. The Labute approximate surface area is 101 Å². The summed E-state index contributed by atoms with van der Waals surface area (Å²) in [5.74, 6) is -0.711. The minimum atomic E-state index is -0.711. The molecule has 2 saturated heterocycles. The predicted octanol–water partition coefficient (Wildman–Crippen LogP) is 0.226. The van der Waals surface area contributed by atoms with Gasteiger partial charge >= 0.3 is 6.09 Å². The van der Waals surface area contributed by atoms with Gasteiger partial charge in [0.05, 0.1) is 25.8 Å². The van der Waals surface area contributed by atoms with Gasteiger partial charge in [-0.2, -0.15) is 0 Å². The number of hydrogen-bond acceptors (Lipinski definition) is 5. The van der Waals surface area contributed by atoms with Crippen LogP contribution >= 0.6 is 0 Å². The van der Waals surface area contributed by atoms with E-state index in [4.69, 9.17) is 14.2 Å². The molecular formula is C11H20N2O4. The van der Waals surface area contributed by atoms with E-state index >= 15 is 0 Å². The summed E-state index contributed by atoms with van der Waals surface area (Å²) in [5.41, 5.74) is -0.499. The van der Waals surface area contributed by atoms with Crippen LogP contribution in [-0.2, 0) is 14.2 Å². The van der Waals surface area contributed by atoms with Gasteiger partial charge in [-0.3, -0.25) is 0 Å². The zero-order valence-corrected chi connectivity index (χ0v) is 10.5. The maximum absolute atomic E-state index is 11.7. The topological polar surface area (TPSA) is 68.8 Å². The summed E-state index contributed by atoms with van der Waals surface area (Å²) < 4.78 is 16.4. The number of nitrogens with one attached hydrogen (secondary N) is 2. The second-order valence-electron chi connectivity index (χ2n) is 5.34. The van der Waals surface area contributed by atoms with Crippen molar-refractivity contribution in [1.82, 2.24) is 10.6 Å². The molecule has 2 N–H and O–H groups in total. The minimum Gasteiger partial charge on any atom is -0.444 e. The van der Waals surface area contributed by atoms with Crippen molar-refractivity contribution < 1.29 is 19.0 Å². The van der Waals surface area contributed by atoms with E-state index in [-0.39, 0.29) is 6.04 Å². The Morgan fingerprint density at radius 3 is 2.65 bits per heavy atom. The van der Waals surface area contributed by atoms with E-state index in [1.807, 2.05) is 20.8 Å². The molecule has 0 aromatic heterocycles. The molecule has 6 heteroatoms. The molecule has 17 heavy (non-hydrogen) atoms. The van der Waals surface area contributed by atoms with Crippen LogP contribution in [0.3, 0.4) is 0 Å². The van der Waals surface area contributed by atoms with Crippen molar-refractivity contribution in [2.75, 3.05) is 26.3 Å². The molecule has 1 amide bonds. The first kappa shape index (κ1) is 12.6. The van der Waals surface area contributed by atoms with Crippen molar-refractivity contribution in [3.8, 4) is 0 Å². The van der Waals surface area contributed by atoms with Crippen LogP contribution in [0.1, 0.15) is 20.8 Å². The molecule has 2 fully saturated rings.